The summed E-state index contributed by atoms with van der Waals surface area (Å²) < 4.78 is 12.9. The van der Waals surface area contributed by atoms with E-state index in [4.69, 9.17) is 0 Å². The molecule has 0 saturated heterocycles. The van der Waals surface area contributed by atoms with Crippen LogP contribution in [0.1, 0.15) is 36.3 Å². The Balaban J connectivity index is 2.34. The molecule has 0 radical (unpaired) electrons. The summed E-state index contributed by atoms with van der Waals surface area (Å²) in [5.41, 5.74) is 2.46. The van der Waals surface area contributed by atoms with Gasteiger partial charge >= 0.3 is 0 Å². The summed E-state index contributed by atoms with van der Waals surface area (Å²) in [5.74, 6) is 0.545. The Morgan fingerprint density at radius 3 is 2.67 bits per heavy atom. The lowest BCUT2D eigenvalue weighted by molar-refractivity contribution is 0.416. The molecule has 0 aliphatic heterocycles. The van der Waals surface area contributed by atoms with E-state index in [-0.39, 0.29) is 5.82 Å². The lowest BCUT2D eigenvalue weighted by atomic mass is 9.78. The Kier molecular flexibility index (Phi) is 1.87. The minimum atomic E-state index is -0.0949. The molecular weight excluding hydrogens is 151 g/mol. The zero-order valence-corrected chi connectivity index (χ0v) is 7.31. The number of hydrogen-bond acceptors (Lipinski definition) is 0. The maximum atomic E-state index is 12.9. The minimum Gasteiger partial charge on any atom is -0.207 e. The molecule has 12 heavy (non-hydrogen) atoms. The molecule has 0 atom stereocenters. The molecule has 64 valence electrons. The van der Waals surface area contributed by atoms with Crippen LogP contribution in [0, 0.1) is 12.7 Å². The molecular formula is C11H13F. The van der Waals surface area contributed by atoms with E-state index in [0.717, 1.165) is 0 Å². The Morgan fingerprint density at radius 2 is 2.08 bits per heavy atom. The van der Waals surface area contributed by atoms with Crippen molar-refractivity contribution < 1.29 is 4.39 Å². The first-order valence-electron chi connectivity index (χ1n) is 4.53. The standard InChI is InChI=1S/C11H13F/c1-8-5-6-10(12)7-11(8)9-3-2-4-9/h5-7,9H,2-4H2,1H3. The van der Waals surface area contributed by atoms with Crippen molar-refractivity contribution in [3.8, 4) is 0 Å². The number of halogens is 1. The van der Waals surface area contributed by atoms with Crippen LogP contribution in [0.25, 0.3) is 0 Å². The minimum absolute atomic E-state index is 0.0949. The van der Waals surface area contributed by atoms with Crippen LogP contribution in [0.4, 0.5) is 4.39 Å². The molecule has 0 spiro atoms. The first-order valence-corrected chi connectivity index (χ1v) is 4.53. The van der Waals surface area contributed by atoms with Crippen molar-refractivity contribution in [3.05, 3.63) is 35.1 Å². The Hall–Kier alpha value is -0.850. The molecule has 0 aromatic heterocycles. The highest BCUT2D eigenvalue weighted by molar-refractivity contribution is 5.31. The van der Waals surface area contributed by atoms with Gasteiger partial charge in [0.15, 0.2) is 0 Å². The predicted octanol–water partition coefficient (Wildman–Crippen LogP) is 3.40. The first-order chi connectivity index (χ1) is 5.77. The molecule has 2 rings (SSSR count). The molecule has 1 saturated carbocycles. The maximum Gasteiger partial charge on any atom is 0.123 e. The summed E-state index contributed by atoms with van der Waals surface area (Å²) in [4.78, 5) is 0. The van der Waals surface area contributed by atoms with Crippen molar-refractivity contribution in [1.82, 2.24) is 0 Å². The first kappa shape index (κ1) is 7.78. The van der Waals surface area contributed by atoms with E-state index in [2.05, 4.69) is 6.92 Å². The maximum absolute atomic E-state index is 12.9. The molecule has 0 bridgehead atoms. The molecule has 0 N–H and O–H groups in total. The molecule has 1 heteroatoms. The Morgan fingerprint density at radius 1 is 1.33 bits per heavy atom. The van der Waals surface area contributed by atoms with Crippen LogP contribution in [-0.2, 0) is 0 Å². The van der Waals surface area contributed by atoms with Crippen LogP contribution in [-0.4, -0.2) is 0 Å². The van der Waals surface area contributed by atoms with Gasteiger partial charge in [0.1, 0.15) is 5.82 Å². The lowest BCUT2D eigenvalue weighted by Gasteiger charge is -2.27. The van der Waals surface area contributed by atoms with Crippen molar-refractivity contribution in [2.24, 2.45) is 0 Å². The predicted molar refractivity (Wildman–Crippen MR) is 47.7 cm³/mol. The second-order valence-electron chi connectivity index (χ2n) is 3.63. The van der Waals surface area contributed by atoms with E-state index in [0.29, 0.717) is 5.92 Å². The van der Waals surface area contributed by atoms with Gasteiger partial charge in [0.05, 0.1) is 0 Å². The highest BCUT2D eigenvalue weighted by atomic mass is 19.1. The fourth-order valence-electron chi connectivity index (χ4n) is 1.77. The topological polar surface area (TPSA) is 0 Å². The van der Waals surface area contributed by atoms with Crippen LogP contribution in [0.5, 0.6) is 0 Å². The second-order valence-corrected chi connectivity index (χ2v) is 3.63. The molecule has 1 aromatic rings. The van der Waals surface area contributed by atoms with E-state index < -0.39 is 0 Å². The Labute approximate surface area is 72.4 Å². The van der Waals surface area contributed by atoms with Crippen LogP contribution in [0.3, 0.4) is 0 Å². The highest BCUT2D eigenvalue weighted by Gasteiger charge is 2.21. The smallest absolute Gasteiger partial charge is 0.123 e. The van der Waals surface area contributed by atoms with Crippen LogP contribution < -0.4 is 0 Å². The monoisotopic (exact) mass is 164 g/mol. The van der Waals surface area contributed by atoms with Crippen molar-refractivity contribution in [2.45, 2.75) is 32.1 Å². The van der Waals surface area contributed by atoms with Gasteiger partial charge in [-0.15, -0.1) is 0 Å². The molecule has 0 heterocycles. The zero-order chi connectivity index (χ0) is 8.55. The van der Waals surface area contributed by atoms with Crippen LogP contribution in [0.15, 0.2) is 18.2 Å². The summed E-state index contributed by atoms with van der Waals surface area (Å²) in [7, 11) is 0. The molecule has 0 amide bonds. The van der Waals surface area contributed by atoms with Crippen LogP contribution in [0.2, 0.25) is 0 Å². The average Bonchev–Trinajstić information content (AvgIpc) is 1.93. The van der Waals surface area contributed by atoms with E-state index in [1.54, 1.807) is 6.07 Å². The van der Waals surface area contributed by atoms with Gasteiger partial charge in [-0.1, -0.05) is 12.5 Å². The normalized spacial score (nSPS) is 17.5. The lowest BCUT2D eigenvalue weighted by Crippen LogP contribution is -2.10. The number of hydrogen-bond donors (Lipinski definition) is 0. The third kappa shape index (κ3) is 1.24. The molecule has 1 aliphatic rings. The van der Waals surface area contributed by atoms with Gasteiger partial charge in [0, 0.05) is 0 Å². The van der Waals surface area contributed by atoms with Crippen molar-refractivity contribution in [3.63, 3.8) is 0 Å². The summed E-state index contributed by atoms with van der Waals surface area (Å²) >= 11 is 0. The van der Waals surface area contributed by atoms with E-state index in [9.17, 15) is 4.39 Å². The average molecular weight is 164 g/mol. The third-order valence-corrected chi connectivity index (χ3v) is 2.79. The van der Waals surface area contributed by atoms with Crippen molar-refractivity contribution in [1.29, 1.82) is 0 Å². The second kappa shape index (κ2) is 2.89. The van der Waals surface area contributed by atoms with Gasteiger partial charge in [0.2, 0.25) is 0 Å². The van der Waals surface area contributed by atoms with Crippen molar-refractivity contribution in [2.75, 3.05) is 0 Å². The molecule has 1 aromatic carbocycles. The molecule has 1 aliphatic carbocycles. The summed E-state index contributed by atoms with van der Waals surface area (Å²) in [6.45, 7) is 2.06. The van der Waals surface area contributed by atoms with Gasteiger partial charge < -0.3 is 0 Å². The largest absolute Gasteiger partial charge is 0.207 e. The van der Waals surface area contributed by atoms with Crippen molar-refractivity contribution >= 4 is 0 Å². The number of benzene rings is 1. The number of rotatable bonds is 1. The summed E-state index contributed by atoms with van der Waals surface area (Å²) in [5, 5.41) is 0. The van der Waals surface area contributed by atoms with Gasteiger partial charge in [-0.05, 0) is 48.9 Å². The van der Waals surface area contributed by atoms with Gasteiger partial charge in [-0.25, -0.2) is 4.39 Å². The van der Waals surface area contributed by atoms with Gasteiger partial charge in [-0.3, -0.25) is 0 Å². The van der Waals surface area contributed by atoms with E-state index in [1.807, 2.05) is 6.07 Å². The Bertz CT molecular complexity index is 287. The molecule has 0 unspecified atom stereocenters. The SMILES string of the molecule is Cc1ccc(F)cc1C1CCC1. The fourth-order valence-corrected chi connectivity index (χ4v) is 1.77. The summed E-state index contributed by atoms with van der Waals surface area (Å²) in [6.07, 6.45) is 3.79. The van der Waals surface area contributed by atoms with E-state index >= 15 is 0 Å². The highest BCUT2D eigenvalue weighted by Crippen LogP contribution is 2.37. The summed E-state index contributed by atoms with van der Waals surface area (Å²) in [6, 6.07) is 5.11. The van der Waals surface area contributed by atoms with Gasteiger partial charge in [0.25, 0.3) is 0 Å². The molecule has 1 fully saturated rings. The quantitative estimate of drug-likeness (QED) is 0.596. The fraction of sp³-hybridized carbons (Fsp3) is 0.455. The third-order valence-electron chi connectivity index (χ3n) is 2.79. The van der Waals surface area contributed by atoms with E-state index in [1.165, 1.54) is 36.5 Å². The van der Waals surface area contributed by atoms with Crippen LogP contribution >= 0.6 is 0 Å². The molecule has 0 nitrogen and oxygen atoms in total. The zero-order valence-electron chi connectivity index (χ0n) is 7.31. The van der Waals surface area contributed by atoms with Gasteiger partial charge in [-0.2, -0.15) is 0 Å². The number of aryl methyl sites for hydroxylation is 1.